The number of benzene rings is 1. The highest BCUT2D eigenvalue weighted by Crippen LogP contribution is 2.31. The van der Waals surface area contributed by atoms with E-state index in [4.69, 9.17) is 0 Å². The number of pyridine rings is 1. The molecular formula is C15H11F3N2. The van der Waals surface area contributed by atoms with Gasteiger partial charge in [0.05, 0.1) is 17.3 Å². The quantitative estimate of drug-likeness (QED) is 0.829. The van der Waals surface area contributed by atoms with Crippen LogP contribution in [-0.2, 0) is 6.18 Å². The first-order chi connectivity index (χ1) is 9.41. The van der Waals surface area contributed by atoms with Crippen LogP contribution in [0, 0.1) is 18.3 Å². The lowest BCUT2D eigenvalue weighted by molar-refractivity contribution is -0.137. The number of rotatable bonds is 2. The van der Waals surface area contributed by atoms with Gasteiger partial charge in [-0.15, -0.1) is 0 Å². The molecule has 1 aromatic carbocycles. The summed E-state index contributed by atoms with van der Waals surface area (Å²) in [5.41, 5.74) is 0.886. The largest absolute Gasteiger partial charge is 0.416 e. The predicted molar refractivity (Wildman–Crippen MR) is 67.9 cm³/mol. The number of alkyl halides is 3. The molecule has 0 spiro atoms. The van der Waals surface area contributed by atoms with E-state index >= 15 is 0 Å². The number of hydrogen-bond acceptors (Lipinski definition) is 2. The van der Waals surface area contributed by atoms with E-state index in [9.17, 15) is 18.4 Å². The molecule has 2 aromatic rings. The molecule has 1 atom stereocenters. The standard InChI is InChI=1S/C15H11F3N2/c1-10-3-2-4-11(7-10)13(9-19)14-8-12(5-6-20-14)15(16,17)18/h2-8,13H,1H3. The molecule has 1 aromatic heterocycles. The summed E-state index contributed by atoms with van der Waals surface area (Å²) in [6, 6.07) is 10.9. The minimum atomic E-state index is -4.44. The van der Waals surface area contributed by atoms with Gasteiger partial charge in [-0.3, -0.25) is 4.98 Å². The Morgan fingerprint density at radius 2 is 1.95 bits per heavy atom. The normalized spacial score (nSPS) is 12.8. The van der Waals surface area contributed by atoms with E-state index in [-0.39, 0.29) is 5.69 Å². The molecule has 2 nitrogen and oxygen atoms in total. The van der Waals surface area contributed by atoms with Gasteiger partial charge in [0.2, 0.25) is 0 Å². The molecule has 0 aliphatic rings. The van der Waals surface area contributed by atoms with Crippen molar-refractivity contribution in [3.8, 4) is 6.07 Å². The van der Waals surface area contributed by atoms with E-state index in [1.807, 2.05) is 19.1 Å². The predicted octanol–water partition coefficient (Wildman–Crippen LogP) is 4.06. The van der Waals surface area contributed by atoms with Gasteiger partial charge in [0.15, 0.2) is 0 Å². The zero-order valence-electron chi connectivity index (χ0n) is 10.6. The molecule has 5 heteroatoms. The lowest BCUT2D eigenvalue weighted by Crippen LogP contribution is -2.08. The van der Waals surface area contributed by atoms with Crippen LogP contribution in [0.3, 0.4) is 0 Å². The summed E-state index contributed by atoms with van der Waals surface area (Å²) in [5, 5.41) is 9.25. The topological polar surface area (TPSA) is 36.7 Å². The molecule has 0 aliphatic heterocycles. The van der Waals surface area contributed by atoms with Gasteiger partial charge in [0.1, 0.15) is 5.92 Å². The van der Waals surface area contributed by atoms with Crippen molar-refractivity contribution in [3.63, 3.8) is 0 Å². The van der Waals surface area contributed by atoms with Crippen molar-refractivity contribution in [3.05, 3.63) is 65.0 Å². The van der Waals surface area contributed by atoms with E-state index < -0.39 is 17.7 Å². The van der Waals surface area contributed by atoms with Crippen molar-refractivity contribution < 1.29 is 13.2 Å². The van der Waals surface area contributed by atoms with Crippen LogP contribution >= 0.6 is 0 Å². The van der Waals surface area contributed by atoms with Crippen LogP contribution in [0.15, 0.2) is 42.6 Å². The highest BCUT2D eigenvalue weighted by molar-refractivity contribution is 5.38. The molecule has 20 heavy (non-hydrogen) atoms. The Morgan fingerprint density at radius 1 is 1.20 bits per heavy atom. The van der Waals surface area contributed by atoms with Crippen LogP contribution in [0.5, 0.6) is 0 Å². The first-order valence-corrected chi connectivity index (χ1v) is 5.91. The Labute approximate surface area is 114 Å². The number of nitrogens with zero attached hydrogens (tertiary/aromatic N) is 2. The van der Waals surface area contributed by atoms with Gasteiger partial charge in [0.25, 0.3) is 0 Å². The van der Waals surface area contributed by atoms with E-state index in [0.717, 1.165) is 23.9 Å². The summed E-state index contributed by atoms with van der Waals surface area (Å²) in [6.45, 7) is 1.86. The molecule has 1 heterocycles. The van der Waals surface area contributed by atoms with Crippen LogP contribution in [0.1, 0.15) is 28.3 Å². The summed E-state index contributed by atoms with van der Waals surface area (Å²) in [5.74, 6) is -0.808. The lowest BCUT2D eigenvalue weighted by atomic mass is 9.94. The molecule has 1 unspecified atom stereocenters. The number of nitriles is 1. The van der Waals surface area contributed by atoms with Crippen LogP contribution in [-0.4, -0.2) is 4.98 Å². The Morgan fingerprint density at radius 3 is 2.55 bits per heavy atom. The van der Waals surface area contributed by atoms with E-state index in [0.29, 0.717) is 5.56 Å². The molecule has 0 aliphatic carbocycles. The fourth-order valence-corrected chi connectivity index (χ4v) is 1.94. The molecule has 0 fully saturated rings. The van der Waals surface area contributed by atoms with Gasteiger partial charge >= 0.3 is 6.18 Å². The van der Waals surface area contributed by atoms with Gasteiger partial charge in [-0.1, -0.05) is 29.8 Å². The summed E-state index contributed by atoms with van der Waals surface area (Å²) in [4.78, 5) is 3.91. The second-order valence-electron chi connectivity index (χ2n) is 4.44. The molecule has 0 N–H and O–H groups in total. The first kappa shape index (κ1) is 14.1. The van der Waals surface area contributed by atoms with Crippen molar-refractivity contribution in [2.24, 2.45) is 0 Å². The highest BCUT2D eigenvalue weighted by Gasteiger charge is 2.31. The fraction of sp³-hybridized carbons (Fsp3) is 0.200. The van der Waals surface area contributed by atoms with E-state index in [1.165, 1.54) is 0 Å². The maximum Gasteiger partial charge on any atom is 0.416 e. The molecular weight excluding hydrogens is 265 g/mol. The molecule has 102 valence electrons. The summed E-state index contributed by atoms with van der Waals surface area (Å²) in [6.07, 6.45) is -3.36. The van der Waals surface area contributed by atoms with Crippen LogP contribution in [0.2, 0.25) is 0 Å². The third-order valence-corrected chi connectivity index (χ3v) is 2.91. The number of aryl methyl sites for hydroxylation is 1. The third kappa shape index (κ3) is 2.97. The van der Waals surface area contributed by atoms with Crippen LogP contribution in [0.4, 0.5) is 13.2 Å². The maximum atomic E-state index is 12.7. The molecule has 0 bridgehead atoms. The van der Waals surface area contributed by atoms with E-state index in [2.05, 4.69) is 4.98 Å². The van der Waals surface area contributed by atoms with Gasteiger partial charge in [-0.2, -0.15) is 18.4 Å². The molecule has 0 saturated heterocycles. The zero-order valence-corrected chi connectivity index (χ0v) is 10.6. The Balaban J connectivity index is 2.46. The third-order valence-electron chi connectivity index (χ3n) is 2.91. The average molecular weight is 276 g/mol. The first-order valence-electron chi connectivity index (χ1n) is 5.91. The van der Waals surface area contributed by atoms with E-state index in [1.54, 1.807) is 18.2 Å². The second kappa shape index (κ2) is 5.33. The monoisotopic (exact) mass is 276 g/mol. The maximum absolute atomic E-state index is 12.7. The number of aromatic nitrogens is 1. The minimum absolute atomic E-state index is 0.105. The Kier molecular flexibility index (Phi) is 3.75. The number of hydrogen-bond donors (Lipinski definition) is 0. The summed E-state index contributed by atoms with van der Waals surface area (Å²) < 4.78 is 38.1. The van der Waals surface area contributed by atoms with Gasteiger partial charge in [0, 0.05) is 6.20 Å². The lowest BCUT2D eigenvalue weighted by Gasteiger charge is -2.12. The van der Waals surface area contributed by atoms with Gasteiger partial charge < -0.3 is 0 Å². The van der Waals surface area contributed by atoms with Crippen molar-refractivity contribution in [1.82, 2.24) is 4.98 Å². The smallest absolute Gasteiger partial charge is 0.260 e. The Hall–Kier alpha value is -2.35. The molecule has 0 amide bonds. The van der Waals surface area contributed by atoms with Crippen molar-refractivity contribution >= 4 is 0 Å². The molecule has 2 rings (SSSR count). The summed E-state index contributed by atoms with van der Waals surface area (Å²) in [7, 11) is 0. The highest BCUT2D eigenvalue weighted by atomic mass is 19.4. The van der Waals surface area contributed by atoms with Gasteiger partial charge in [-0.05, 0) is 24.6 Å². The molecule has 0 radical (unpaired) electrons. The Bertz CT molecular complexity index is 657. The summed E-state index contributed by atoms with van der Waals surface area (Å²) >= 11 is 0. The van der Waals surface area contributed by atoms with Gasteiger partial charge in [-0.25, -0.2) is 0 Å². The van der Waals surface area contributed by atoms with Crippen molar-refractivity contribution in [2.75, 3.05) is 0 Å². The zero-order chi connectivity index (χ0) is 14.8. The minimum Gasteiger partial charge on any atom is -0.260 e. The SMILES string of the molecule is Cc1cccc(C(C#N)c2cc(C(F)(F)F)ccn2)c1. The van der Waals surface area contributed by atoms with Crippen LogP contribution < -0.4 is 0 Å². The average Bonchev–Trinajstić information content (AvgIpc) is 2.39. The van der Waals surface area contributed by atoms with Crippen molar-refractivity contribution in [2.45, 2.75) is 19.0 Å². The van der Waals surface area contributed by atoms with Crippen molar-refractivity contribution in [1.29, 1.82) is 5.26 Å². The molecule has 0 saturated carbocycles. The second-order valence-corrected chi connectivity index (χ2v) is 4.44. The fourth-order valence-electron chi connectivity index (χ4n) is 1.94. The van der Waals surface area contributed by atoms with Crippen LogP contribution in [0.25, 0.3) is 0 Å². The number of halogens is 3.